The predicted molar refractivity (Wildman–Crippen MR) is 425 cm³/mol. The first-order chi connectivity index (χ1) is 52.2. The quantitative estimate of drug-likeness (QED) is 0.0811. The van der Waals surface area contributed by atoms with Gasteiger partial charge in [0.25, 0.3) is 16.7 Å². The molecule has 3 fully saturated rings. The van der Waals surface area contributed by atoms with E-state index in [0.717, 1.165) is 130 Å². The number of rotatable bonds is 8. The Morgan fingerprint density at radius 2 is 0.918 bits per heavy atom. The van der Waals surface area contributed by atoms with Crippen molar-refractivity contribution in [3.8, 4) is 18.2 Å². The van der Waals surface area contributed by atoms with Gasteiger partial charge in [0.1, 0.15) is 63.0 Å². The summed E-state index contributed by atoms with van der Waals surface area (Å²) in [5.74, 6) is 0.843. The Balaban J connectivity index is 0.000000141. The van der Waals surface area contributed by atoms with Crippen molar-refractivity contribution in [2.45, 2.75) is 230 Å². The van der Waals surface area contributed by atoms with Crippen molar-refractivity contribution in [1.29, 1.82) is 15.8 Å². The van der Waals surface area contributed by atoms with Crippen LogP contribution in [0.5, 0.6) is 0 Å². The van der Waals surface area contributed by atoms with Gasteiger partial charge in [-0.2, -0.15) is 25.8 Å². The SMILES string of the molecule is CC(C)(C)OC(=O)N1CCc2cc(Nc3ncc4cc(C#N)c(=O)n(C5CCCC5)c4n3)ccc2C1(C)C.CC(C)(C)OC(=O)N1CCc2ccc(N)cc2C1(C)C.CC1(C)NCCc2cc(Nc3ncc4cc(C#N)c(=O)n(C5CCCC5)c4n3)ccc21.CS(=O)c1ncc2cc(C#N)c(=O)n(C3CCCC3)c2n1. The van der Waals surface area contributed by atoms with Gasteiger partial charge < -0.3 is 31.2 Å². The van der Waals surface area contributed by atoms with Crippen molar-refractivity contribution < 1.29 is 23.3 Å². The van der Waals surface area contributed by atoms with Crippen LogP contribution in [0.2, 0.25) is 0 Å². The molecule has 110 heavy (non-hydrogen) atoms. The van der Waals surface area contributed by atoms with Gasteiger partial charge in [0.05, 0.1) is 21.9 Å². The average molecular weight is 1510 g/mol. The van der Waals surface area contributed by atoms with Crippen molar-refractivity contribution in [3.63, 3.8) is 0 Å². The van der Waals surface area contributed by atoms with Crippen LogP contribution in [0, 0.1) is 34.0 Å². The van der Waals surface area contributed by atoms with Crippen LogP contribution in [0.4, 0.5) is 38.5 Å². The van der Waals surface area contributed by atoms with Crippen LogP contribution in [0.15, 0.2) is 111 Å². The first-order valence-electron chi connectivity index (χ1n) is 37.9. The van der Waals surface area contributed by atoms with E-state index in [2.05, 4.69) is 74.0 Å². The Bertz CT molecular complexity index is 5420. The number of aromatic nitrogens is 9. The first kappa shape index (κ1) is 78.6. The molecule has 2 amide bonds. The third kappa shape index (κ3) is 16.8. The van der Waals surface area contributed by atoms with Crippen molar-refractivity contribution in [2.24, 2.45) is 0 Å². The highest BCUT2D eigenvalue weighted by atomic mass is 32.2. The van der Waals surface area contributed by atoms with E-state index in [1.807, 2.05) is 118 Å². The number of nitrogens with zero attached hydrogens (tertiary/aromatic N) is 14. The molecular weight excluding hydrogens is 1410 g/mol. The van der Waals surface area contributed by atoms with Crippen LogP contribution in [-0.4, -0.2) is 107 Å². The summed E-state index contributed by atoms with van der Waals surface area (Å²) < 4.78 is 27.7. The van der Waals surface area contributed by atoms with E-state index in [4.69, 9.17) is 30.4 Å². The van der Waals surface area contributed by atoms with Gasteiger partial charge in [-0.15, -0.1) is 0 Å². The number of nitrogens with two attached hydrogens (primary N) is 1. The molecule has 26 nitrogen and oxygen atoms in total. The molecular formula is C83H98N18O8S. The number of benzene rings is 3. The van der Waals surface area contributed by atoms with Crippen molar-refractivity contribution in [1.82, 2.24) is 58.7 Å². The molecule has 3 saturated carbocycles. The molecule has 1 unspecified atom stereocenters. The lowest BCUT2D eigenvalue weighted by Crippen LogP contribution is -2.51. The van der Waals surface area contributed by atoms with Crippen LogP contribution in [-0.2, 0) is 56.2 Å². The molecule has 15 rings (SSSR count). The molecule has 574 valence electrons. The van der Waals surface area contributed by atoms with E-state index in [1.165, 1.54) is 35.2 Å². The Morgan fingerprint density at radius 3 is 1.34 bits per heavy atom. The molecule has 27 heteroatoms. The number of carbonyl (C=O) groups is 2. The molecule has 6 aromatic heterocycles. The minimum Gasteiger partial charge on any atom is -0.444 e. The zero-order valence-corrected chi connectivity index (χ0v) is 65.9. The summed E-state index contributed by atoms with van der Waals surface area (Å²) in [4.78, 5) is 94.0. The van der Waals surface area contributed by atoms with Crippen molar-refractivity contribution in [3.05, 3.63) is 173 Å². The number of hydrogen-bond donors (Lipinski definition) is 4. The molecule has 1 atom stereocenters. The van der Waals surface area contributed by atoms with Crippen LogP contribution in [0.25, 0.3) is 33.1 Å². The van der Waals surface area contributed by atoms with Gasteiger partial charge in [0.15, 0.2) is 0 Å². The van der Waals surface area contributed by atoms with E-state index in [0.29, 0.717) is 64.5 Å². The first-order valence-corrected chi connectivity index (χ1v) is 39.5. The van der Waals surface area contributed by atoms with E-state index < -0.39 is 33.1 Å². The summed E-state index contributed by atoms with van der Waals surface area (Å²) in [6.45, 7) is 26.0. The largest absolute Gasteiger partial charge is 0.444 e. The lowest BCUT2D eigenvalue weighted by molar-refractivity contribution is -0.00146. The number of nitrogens with one attached hydrogen (secondary N) is 3. The van der Waals surface area contributed by atoms with Crippen LogP contribution < -0.4 is 38.4 Å². The summed E-state index contributed by atoms with van der Waals surface area (Å²) in [6, 6.07) is 29.2. The van der Waals surface area contributed by atoms with Gasteiger partial charge in [0.2, 0.25) is 17.1 Å². The molecule has 0 saturated heterocycles. The zero-order valence-electron chi connectivity index (χ0n) is 65.1. The van der Waals surface area contributed by atoms with Gasteiger partial charge >= 0.3 is 12.2 Å². The number of fused-ring (bicyclic) bond motifs is 6. The highest BCUT2D eigenvalue weighted by Crippen LogP contribution is 2.41. The average Bonchev–Trinajstić information content (AvgIpc) is 1.37. The molecule has 0 radical (unpaired) electrons. The normalized spacial score (nSPS) is 17.4. The van der Waals surface area contributed by atoms with Gasteiger partial charge in [0, 0.05) is 94.8 Å². The number of nitrogen functional groups attached to an aromatic ring is 1. The summed E-state index contributed by atoms with van der Waals surface area (Å²) in [7, 11) is -1.31. The van der Waals surface area contributed by atoms with Gasteiger partial charge in [-0.3, -0.25) is 42.1 Å². The highest BCUT2D eigenvalue weighted by molar-refractivity contribution is 7.84. The topological polar surface area (TPSA) is 353 Å². The molecule has 9 heterocycles. The number of ether oxygens (including phenoxy) is 2. The summed E-state index contributed by atoms with van der Waals surface area (Å²) in [6.07, 6.45) is 20.2. The number of amides is 2. The second-order valence-corrected chi connectivity index (χ2v) is 34.0. The monoisotopic (exact) mass is 1510 g/mol. The maximum Gasteiger partial charge on any atom is 0.411 e. The maximum atomic E-state index is 13.1. The fraction of sp³-hybridized carbons (Fsp3) is 0.470. The number of hydrogen-bond acceptors (Lipinski definition) is 21. The second kappa shape index (κ2) is 31.6. The van der Waals surface area contributed by atoms with Crippen molar-refractivity contribution in [2.75, 3.05) is 42.3 Å². The smallest absolute Gasteiger partial charge is 0.411 e. The number of anilines is 5. The Kier molecular flexibility index (Phi) is 22.6. The summed E-state index contributed by atoms with van der Waals surface area (Å²) in [5.41, 5.74) is 14.7. The standard InChI is InChI=1S/C29H34N6O3.C24H26N6O.C16H24N2O2.C14H14N4O2S/c1-28(2,3)38-27(37)34-13-12-18-15-21(10-11-23(18)29(34,4)5)32-26-31-17-20-14-19(16-30)25(36)35(24(20)33-26)22-8-6-7-9-22;1-24(2)20-8-7-18(12-15(20)9-10-27-24)28-23-26-14-17-11-16(13-25)22(31)30(21(17)29-23)19-5-3-4-6-19;1-15(2,3)20-14(19)18-9-8-11-6-7-12(17)10-13(11)16(18,4)5;1-21(20)14-16-8-10-6-9(7-15)13(19)18(12(10)17-14)11-4-2-3-5-11/h10-11,14-15,17,22H,6-9,12-13H2,1-5H3,(H,31,32,33);7-8,11-12,14,19,27H,3-6,9-10H2,1-2H3,(H,26,28,29);6-7,10H,8-9,17H2,1-5H3;6,8,11H,2-5H2,1H3. The third-order valence-corrected chi connectivity index (χ3v) is 22.3. The van der Waals surface area contributed by atoms with Gasteiger partial charge in [-0.05, 0) is 235 Å². The highest BCUT2D eigenvalue weighted by Gasteiger charge is 2.42. The molecule has 0 spiro atoms. The maximum absolute atomic E-state index is 13.1. The van der Waals surface area contributed by atoms with Gasteiger partial charge in [-0.1, -0.05) is 56.7 Å². The fourth-order valence-corrected chi connectivity index (χ4v) is 16.6. The van der Waals surface area contributed by atoms with Gasteiger partial charge in [-0.25, -0.2) is 29.5 Å². The number of nitriles is 3. The lowest BCUT2D eigenvalue weighted by Gasteiger charge is -2.44. The van der Waals surface area contributed by atoms with Crippen LogP contribution >= 0.6 is 0 Å². The van der Waals surface area contributed by atoms with E-state index in [9.17, 15) is 38.7 Å². The van der Waals surface area contributed by atoms with Crippen LogP contribution in [0.1, 0.15) is 228 Å². The van der Waals surface area contributed by atoms with Crippen LogP contribution in [0.3, 0.4) is 0 Å². The zero-order chi connectivity index (χ0) is 78.9. The Hall–Kier alpha value is -11.0. The second-order valence-electron chi connectivity index (χ2n) is 32.8. The number of pyridine rings is 3. The Morgan fingerprint density at radius 1 is 0.527 bits per heavy atom. The van der Waals surface area contributed by atoms with E-state index in [1.54, 1.807) is 48.0 Å². The molecule has 3 aliphatic carbocycles. The molecule has 9 aromatic rings. The predicted octanol–water partition coefficient (Wildman–Crippen LogP) is 14.3. The number of carbonyl (C=O) groups excluding carboxylic acids is 2. The molecule has 3 aromatic carbocycles. The fourth-order valence-electron chi connectivity index (χ4n) is 16.1. The summed E-state index contributed by atoms with van der Waals surface area (Å²) >= 11 is 0. The minimum absolute atomic E-state index is 0.0403. The minimum atomic E-state index is -1.31. The molecule has 5 N–H and O–H groups in total. The molecule has 6 aliphatic rings. The molecule has 3 aliphatic heterocycles. The summed E-state index contributed by atoms with van der Waals surface area (Å²) in [5, 5.41) is 40.4. The van der Waals surface area contributed by atoms with E-state index >= 15 is 0 Å². The van der Waals surface area contributed by atoms with Crippen molar-refractivity contribution >= 4 is 85.0 Å². The third-order valence-electron chi connectivity index (χ3n) is 21.6. The molecule has 0 bridgehead atoms. The lowest BCUT2D eigenvalue weighted by atomic mass is 9.83. The van der Waals surface area contributed by atoms with E-state index in [-0.39, 0.29) is 74.4 Å². The Labute approximate surface area is 643 Å².